The van der Waals surface area contributed by atoms with Gasteiger partial charge in [-0.2, -0.15) is 0 Å². The van der Waals surface area contributed by atoms with E-state index in [9.17, 15) is 9.59 Å². The Bertz CT molecular complexity index is 567. The van der Waals surface area contributed by atoms with Gasteiger partial charge in [0.15, 0.2) is 0 Å². The molecule has 1 atom stereocenters. The average molecular weight is 340 g/mol. The summed E-state index contributed by atoms with van der Waals surface area (Å²) in [5.41, 5.74) is -0.263. The Kier molecular flexibility index (Phi) is 5.69. The molecule has 0 aliphatic carbocycles. The second-order valence-electron chi connectivity index (χ2n) is 6.51. The van der Waals surface area contributed by atoms with Crippen molar-refractivity contribution >= 4 is 28.3 Å². The molecule has 2 heterocycles. The van der Waals surface area contributed by atoms with Gasteiger partial charge in [0.05, 0.1) is 12.5 Å². The minimum Gasteiger partial charge on any atom is -0.381 e. The van der Waals surface area contributed by atoms with E-state index in [0.29, 0.717) is 31.3 Å². The smallest absolute Gasteiger partial charge is 0.231 e. The van der Waals surface area contributed by atoms with E-state index in [1.54, 1.807) is 4.90 Å². The molecule has 0 radical (unpaired) electrons. The first-order valence-corrected chi connectivity index (χ1v) is 8.64. The van der Waals surface area contributed by atoms with Crippen LogP contribution in [0.5, 0.6) is 0 Å². The molecule has 23 heavy (non-hydrogen) atoms. The van der Waals surface area contributed by atoms with Crippen LogP contribution in [0.3, 0.4) is 0 Å². The fraction of sp³-hybridized carbons (Fsp3) is 0.733. The number of carbonyl (C=O) groups is 2. The molecule has 1 aromatic rings. The second kappa shape index (κ2) is 7.35. The predicted molar refractivity (Wildman–Crippen MR) is 88.3 cm³/mol. The summed E-state index contributed by atoms with van der Waals surface area (Å²) in [6.45, 7) is 9.57. The van der Waals surface area contributed by atoms with Gasteiger partial charge in [-0.15, -0.1) is 10.2 Å². The van der Waals surface area contributed by atoms with Crippen molar-refractivity contribution in [3.63, 3.8) is 0 Å². The number of aromatic nitrogens is 2. The van der Waals surface area contributed by atoms with Crippen LogP contribution in [0.4, 0.5) is 5.13 Å². The van der Waals surface area contributed by atoms with Crippen LogP contribution in [0.1, 0.15) is 39.1 Å². The number of carbonyl (C=O) groups excluding carboxylic acids is 2. The number of anilines is 1. The Morgan fingerprint density at radius 2 is 2.17 bits per heavy atom. The molecule has 1 N–H and O–H groups in total. The normalized spacial score (nSPS) is 18.5. The van der Waals surface area contributed by atoms with Crippen LogP contribution in [0.15, 0.2) is 0 Å². The van der Waals surface area contributed by atoms with Crippen molar-refractivity contribution in [2.24, 2.45) is 5.92 Å². The highest BCUT2D eigenvalue weighted by molar-refractivity contribution is 7.15. The number of nitrogens with one attached hydrogen (secondary N) is 1. The van der Waals surface area contributed by atoms with Crippen molar-refractivity contribution in [1.82, 2.24) is 15.1 Å². The Labute approximate surface area is 140 Å². The quantitative estimate of drug-likeness (QED) is 0.797. The monoisotopic (exact) mass is 340 g/mol. The number of hydrogen-bond acceptors (Lipinski definition) is 6. The molecule has 0 saturated carbocycles. The van der Waals surface area contributed by atoms with E-state index in [1.807, 2.05) is 27.7 Å². The van der Waals surface area contributed by atoms with Crippen LogP contribution < -0.4 is 5.32 Å². The molecule has 2 rings (SSSR count). The van der Waals surface area contributed by atoms with Gasteiger partial charge in [-0.1, -0.05) is 11.3 Å². The van der Waals surface area contributed by atoms with Crippen LogP contribution in [-0.4, -0.2) is 52.2 Å². The fourth-order valence-corrected chi connectivity index (χ4v) is 3.17. The average Bonchev–Trinajstić information content (AvgIpc) is 3.05. The van der Waals surface area contributed by atoms with Gasteiger partial charge in [0.2, 0.25) is 16.9 Å². The lowest BCUT2D eigenvalue weighted by atomic mass is 10.1. The van der Waals surface area contributed by atoms with Gasteiger partial charge in [-0.25, -0.2) is 0 Å². The van der Waals surface area contributed by atoms with E-state index in [-0.39, 0.29) is 29.7 Å². The van der Waals surface area contributed by atoms with Gasteiger partial charge in [0, 0.05) is 31.5 Å². The highest BCUT2D eigenvalue weighted by Gasteiger charge is 2.39. The van der Waals surface area contributed by atoms with Crippen LogP contribution in [0.2, 0.25) is 0 Å². The topological polar surface area (TPSA) is 84.4 Å². The van der Waals surface area contributed by atoms with Gasteiger partial charge in [-0.05, 0) is 27.7 Å². The number of likely N-dealkylation sites (tertiary alicyclic amines) is 1. The second-order valence-corrected chi connectivity index (χ2v) is 7.58. The number of hydrogen-bond donors (Lipinski definition) is 1. The molecule has 1 aliphatic heterocycles. The Hall–Kier alpha value is -1.54. The third-order valence-corrected chi connectivity index (χ3v) is 4.57. The minimum absolute atomic E-state index is 0.0207. The Balaban J connectivity index is 1.89. The summed E-state index contributed by atoms with van der Waals surface area (Å²) in [5, 5.41) is 12.1. The first-order valence-electron chi connectivity index (χ1n) is 7.82. The summed E-state index contributed by atoms with van der Waals surface area (Å²) in [4.78, 5) is 26.1. The number of ether oxygens (including phenoxy) is 1. The summed E-state index contributed by atoms with van der Waals surface area (Å²) >= 11 is 1.34. The van der Waals surface area contributed by atoms with Gasteiger partial charge in [-0.3, -0.25) is 9.59 Å². The zero-order chi connectivity index (χ0) is 17.0. The van der Waals surface area contributed by atoms with Crippen LogP contribution in [0.25, 0.3) is 0 Å². The van der Waals surface area contributed by atoms with E-state index in [1.165, 1.54) is 11.3 Å². The van der Waals surface area contributed by atoms with Gasteiger partial charge in [0.1, 0.15) is 5.01 Å². The first kappa shape index (κ1) is 17.8. The summed E-state index contributed by atoms with van der Waals surface area (Å²) in [5.74, 6) is -0.484. The first-order chi connectivity index (χ1) is 10.8. The summed E-state index contributed by atoms with van der Waals surface area (Å²) < 4.78 is 5.27. The zero-order valence-electron chi connectivity index (χ0n) is 14.1. The summed E-state index contributed by atoms with van der Waals surface area (Å²) in [6.07, 6.45) is 0.931. The number of nitrogens with zero attached hydrogens (tertiary/aromatic N) is 3. The van der Waals surface area contributed by atoms with Gasteiger partial charge >= 0.3 is 0 Å². The highest BCUT2D eigenvalue weighted by atomic mass is 32.1. The molecule has 1 saturated heterocycles. The molecule has 0 spiro atoms. The predicted octanol–water partition coefficient (Wildman–Crippen LogP) is 1.70. The van der Waals surface area contributed by atoms with Crippen molar-refractivity contribution in [3.05, 3.63) is 5.01 Å². The van der Waals surface area contributed by atoms with Crippen molar-refractivity contribution in [3.8, 4) is 0 Å². The maximum absolute atomic E-state index is 12.3. The molecule has 1 unspecified atom stereocenters. The maximum Gasteiger partial charge on any atom is 0.231 e. The van der Waals surface area contributed by atoms with Crippen LogP contribution in [0, 0.1) is 5.92 Å². The minimum atomic E-state index is -0.336. The summed E-state index contributed by atoms with van der Waals surface area (Å²) in [7, 11) is 0. The zero-order valence-corrected chi connectivity index (χ0v) is 14.9. The SMILES string of the molecule is CCOCCc1nnc(NC(=O)C2CC(=O)N(C(C)(C)C)C2)s1. The Morgan fingerprint density at radius 3 is 2.78 bits per heavy atom. The highest BCUT2D eigenvalue weighted by Crippen LogP contribution is 2.27. The lowest BCUT2D eigenvalue weighted by Gasteiger charge is -2.31. The fourth-order valence-electron chi connectivity index (χ4n) is 2.45. The molecule has 1 fully saturated rings. The number of rotatable bonds is 6. The van der Waals surface area contributed by atoms with E-state index in [4.69, 9.17) is 4.74 Å². The lowest BCUT2D eigenvalue weighted by Crippen LogP contribution is -2.42. The standard InChI is InChI=1S/C15H24N4O3S/c1-5-22-7-6-11-17-18-14(23-11)16-13(21)10-8-12(20)19(9-10)15(2,3)4/h10H,5-9H2,1-4H3,(H,16,18,21). The molecule has 8 heteroatoms. The molecule has 2 amide bonds. The van der Waals surface area contributed by atoms with Crippen LogP contribution >= 0.6 is 11.3 Å². The van der Waals surface area contributed by atoms with Crippen molar-refractivity contribution in [2.45, 2.75) is 46.1 Å². The Morgan fingerprint density at radius 1 is 1.43 bits per heavy atom. The molecule has 7 nitrogen and oxygen atoms in total. The molecule has 1 aliphatic rings. The van der Waals surface area contributed by atoms with E-state index >= 15 is 0 Å². The van der Waals surface area contributed by atoms with Gasteiger partial charge in [0.25, 0.3) is 0 Å². The van der Waals surface area contributed by atoms with Crippen molar-refractivity contribution < 1.29 is 14.3 Å². The molecule has 1 aromatic heterocycles. The molecular formula is C15H24N4O3S. The molecule has 128 valence electrons. The largest absolute Gasteiger partial charge is 0.381 e. The molecule has 0 bridgehead atoms. The molecule has 0 aromatic carbocycles. The van der Waals surface area contributed by atoms with Crippen molar-refractivity contribution in [1.29, 1.82) is 0 Å². The maximum atomic E-state index is 12.3. The summed E-state index contributed by atoms with van der Waals surface area (Å²) in [6, 6.07) is 0. The third kappa shape index (κ3) is 4.71. The third-order valence-electron chi connectivity index (χ3n) is 3.67. The van der Waals surface area contributed by atoms with Crippen LogP contribution in [-0.2, 0) is 20.7 Å². The van der Waals surface area contributed by atoms with Gasteiger partial charge < -0.3 is 15.0 Å². The molecular weight excluding hydrogens is 316 g/mol. The number of amides is 2. The van der Waals surface area contributed by atoms with Crippen molar-refractivity contribution in [2.75, 3.05) is 25.1 Å². The lowest BCUT2D eigenvalue weighted by molar-refractivity contribution is -0.131. The van der Waals surface area contributed by atoms with E-state index in [2.05, 4.69) is 15.5 Å². The van der Waals surface area contributed by atoms with E-state index in [0.717, 1.165) is 5.01 Å². The van der Waals surface area contributed by atoms with E-state index < -0.39 is 0 Å².